The zero-order valence-electron chi connectivity index (χ0n) is 11.3. The van der Waals surface area contributed by atoms with Gasteiger partial charge in [-0.3, -0.25) is 0 Å². The van der Waals surface area contributed by atoms with Crippen molar-refractivity contribution in [3.63, 3.8) is 0 Å². The largest absolute Gasteiger partial charge is 0.464 e. The molecule has 1 aromatic rings. The first-order chi connectivity index (χ1) is 9.24. The van der Waals surface area contributed by atoms with Crippen LogP contribution in [0.15, 0.2) is 24.3 Å². The zero-order chi connectivity index (χ0) is 13.4. The zero-order valence-corrected chi connectivity index (χ0v) is 11.3. The van der Waals surface area contributed by atoms with Crippen LogP contribution in [0.25, 0.3) is 0 Å². The van der Waals surface area contributed by atoms with Gasteiger partial charge in [0.15, 0.2) is 0 Å². The molecule has 4 heteroatoms. The van der Waals surface area contributed by atoms with Crippen LogP contribution < -0.4 is 4.90 Å². The Morgan fingerprint density at radius 1 is 1.47 bits per heavy atom. The summed E-state index contributed by atoms with van der Waals surface area (Å²) < 4.78 is 11.1. The van der Waals surface area contributed by atoms with Crippen LogP contribution in [0.3, 0.4) is 0 Å². The van der Waals surface area contributed by atoms with Crippen molar-refractivity contribution in [2.45, 2.75) is 25.5 Å². The van der Waals surface area contributed by atoms with Crippen LogP contribution in [0.5, 0.6) is 0 Å². The molecule has 0 spiro atoms. The Kier molecular flexibility index (Phi) is 3.19. The van der Waals surface area contributed by atoms with Crippen LogP contribution in [0.1, 0.15) is 25.0 Å². The molecule has 1 fully saturated rings. The Labute approximate surface area is 113 Å². The summed E-state index contributed by atoms with van der Waals surface area (Å²) in [5, 5.41) is 0. The predicted octanol–water partition coefficient (Wildman–Crippen LogP) is 2.15. The maximum Gasteiger partial charge on any atom is 0.329 e. The third kappa shape index (κ3) is 1.91. The van der Waals surface area contributed by atoms with Crippen molar-refractivity contribution in [3.8, 4) is 0 Å². The van der Waals surface area contributed by atoms with Crippen molar-refractivity contribution < 1.29 is 14.3 Å². The Balaban J connectivity index is 2.01. The first-order valence-corrected chi connectivity index (χ1v) is 6.84. The molecule has 2 aliphatic rings. The van der Waals surface area contributed by atoms with Crippen molar-refractivity contribution in [1.29, 1.82) is 0 Å². The average Bonchev–Trinajstić information content (AvgIpc) is 2.88. The molecule has 3 rings (SSSR count). The molecule has 0 N–H and O–H groups in total. The fourth-order valence-corrected chi connectivity index (χ4v) is 3.30. The molecule has 0 radical (unpaired) electrons. The number of ether oxygens (including phenoxy) is 2. The summed E-state index contributed by atoms with van der Waals surface area (Å²) in [5.74, 6) is 0.0546. The van der Waals surface area contributed by atoms with Gasteiger partial charge in [-0.1, -0.05) is 18.2 Å². The minimum Gasteiger partial charge on any atom is -0.464 e. The van der Waals surface area contributed by atoms with Gasteiger partial charge in [0.1, 0.15) is 6.04 Å². The molecule has 3 unspecified atom stereocenters. The van der Waals surface area contributed by atoms with Gasteiger partial charge in [0.2, 0.25) is 0 Å². The SMILES string of the molecule is CCOC(=O)C1C2CCOC2c2ccccc2N1C. The van der Waals surface area contributed by atoms with E-state index >= 15 is 0 Å². The molecule has 0 aromatic heterocycles. The number of esters is 1. The number of nitrogens with zero attached hydrogens (tertiary/aromatic N) is 1. The van der Waals surface area contributed by atoms with Crippen LogP contribution in [-0.4, -0.2) is 32.3 Å². The number of carbonyl (C=O) groups excluding carboxylic acids is 1. The summed E-state index contributed by atoms with van der Waals surface area (Å²) in [6.45, 7) is 2.98. The van der Waals surface area contributed by atoms with E-state index in [9.17, 15) is 4.79 Å². The van der Waals surface area contributed by atoms with E-state index < -0.39 is 0 Å². The van der Waals surface area contributed by atoms with E-state index in [2.05, 4.69) is 6.07 Å². The van der Waals surface area contributed by atoms with Crippen molar-refractivity contribution in [2.24, 2.45) is 5.92 Å². The van der Waals surface area contributed by atoms with Crippen LogP contribution in [-0.2, 0) is 14.3 Å². The molecule has 2 heterocycles. The van der Waals surface area contributed by atoms with E-state index in [-0.39, 0.29) is 24.0 Å². The molecular weight excluding hydrogens is 242 g/mol. The number of likely N-dealkylation sites (N-methyl/N-ethyl adjacent to an activating group) is 1. The fourth-order valence-electron chi connectivity index (χ4n) is 3.30. The van der Waals surface area contributed by atoms with Gasteiger partial charge in [-0.05, 0) is 19.4 Å². The second kappa shape index (κ2) is 4.85. The molecule has 4 nitrogen and oxygen atoms in total. The Morgan fingerprint density at radius 3 is 3.05 bits per heavy atom. The van der Waals surface area contributed by atoms with Gasteiger partial charge < -0.3 is 14.4 Å². The first-order valence-electron chi connectivity index (χ1n) is 6.84. The number of rotatable bonds is 2. The van der Waals surface area contributed by atoms with Crippen molar-refractivity contribution in [1.82, 2.24) is 0 Å². The van der Waals surface area contributed by atoms with Gasteiger partial charge in [-0.25, -0.2) is 4.79 Å². The van der Waals surface area contributed by atoms with Gasteiger partial charge in [0.05, 0.1) is 12.7 Å². The number of fused-ring (bicyclic) bond motifs is 3. The van der Waals surface area contributed by atoms with E-state index in [1.54, 1.807) is 0 Å². The summed E-state index contributed by atoms with van der Waals surface area (Å²) in [4.78, 5) is 14.3. The van der Waals surface area contributed by atoms with Gasteiger partial charge in [0.25, 0.3) is 0 Å². The lowest BCUT2D eigenvalue weighted by Crippen LogP contribution is -2.49. The van der Waals surface area contributed by atoms with Crippen LogP contribution in [0.2, 0.25) is 0 Å². The topological polar surface area (TPSA) is 38.8 Å². The number of carbonyl (C=O) groups is 1. The number of hydrogen-bond acceptors (Lipinski definition) is 4. The summed E-state index contributed by atoms with van der Waals surface area (Å²) >= 11 is 0. The van der Waals surface area contributed by atoms with Crippen LogP contribution in [0.4, 0.5) is 5.69 Å². The molecule has 0 saturated carbocycles. The summed E-state index contributed by atoms with van der Waals surface area (Å²) in [7, 11) is 1.97. The molecular formula is C15H19NO3. The van der Waals surface area contributed by atoms with E-state index in [1.807, 2.05) is 37.1 Å². The quantitative estimate of drug-likeness (QED) is 0.765. The highest BCUT2D eigenvalue weighted by molar-refractivity contribution is 5.82. The number of hydrogen-bond donors (Lipinski definition) is 0. The molecule has 0 bridgehead atoms. The van der Waals surface area contributed by atoms with Crippen molar-refractivity contribution >= 4 is 11.7 Å². The van der Waals surface area contributed by atoms with Crippen LogP contribution in [0, 0.1) is 5.92 Å². The Bertz CT molecular complexity index is 488. The Hall–Kier alpha value is -1.55. The molecule has 1 aromatic carbocycles. The van der Waals surface area contributed by atoms with Gasteiger partial charge in [0, 0.05) is 30.8 Å². The second-order valence-electron chi connectivity index (χ2n) is 5.11. The average molecular weight is 261 g/mol. The third-order valence-corrected chi connectivity index (χ3v) is 4.11. The number of anilines is 1. The molecule has 0 aliphatic carbocycles. The molecule has 102 valence electrons. The van der Waals surface area contributed by atoms with Crippen LogP contribution >= 0.6 is 0 Å². The molecule has 19 heavy (non-hydrogen) atoms. The third-order valence-electron chi connectivity index (χ3n) is 4.11. The second-order valence-corrected chi connectivity index (χ2v) is 5.11. The maximum atomic E-state index is 12.2. The molecule has 0 amide bonds. The Morgan fingerprint density at radius 2 is 2.26 bits per heavy atom. The minimum absolute atomic E-state index is 0.0295. The summed E-state index contributed by atoms with van der Waals surface area (Å²) in [6, 6.07) is 7.92. The standard InChI is InChI=1S/C15H19NO3/c1-3-18-15(17)13-11-8-9-19-14(11)10-6-4-5-7-12(10)16(13)2/h4-7,11,13-14H,3,8-9H2,1-2H3. The highest BCUT2D eigenvalue weighted by atomic mass is 16.5. The van der Waals surface area contributed by atoms with E-state index in [4.69, 9.17) is 9.47 Å². The highest BCUT2D eigenvalue weighted by Crippen LogP contribution is 2.46. The lowest BCUT2D eigenvalue weighted by Gasteiger charge is -2.41. The monoisotopic (exact) mass is 261 g/mol. The predicted molar refractivity (Wildman–Crippen MR) is 72.1 cm³/mol. The van der Waals surface area contributed by atoms with E-state index in [0.29, 0.717) is 13.2 Å². The molecule has 2 aliphatic heterocycles. The van der Waals surface area contributed by atoms with Crippen molar-refractivity contribution in [2.75, 3.05) is 25.2 Å². The van der Waals surface area contributed by atoms with Gasteiger partial charge in [-0.15, -0.1) is 0 Å². The van der Waals surface area contributed by atoms with E-state index in [1.165, 1.54) is 5.56 Å². The fraction of sp³-hybridized carbons (Fsp3) is 0.533. The molecule has 1 saturated heterocycles. The summed E-state index contributed by atoms with van der Waals surface area (Å²) in [5.41, 5.74) is 2.26. The first kappa shape index (κ1) is 12.5. The van der Waals surface area contributed by atoms with Gasteiger partial charge in [-0.2, -0.15) is 0 Å². The van der Waals surface area contributed by atoms with E-state index in [0.717, 1.165) is 12.1 Å². The lowest BCUT2D eigenvalue weighted by atomic mass is 9.83. The normalized spacial score (nSPS) is 28.7. The summed E-state index contributed by atoms with van der Waals surface area (Å²) in [6.07, 6.45) is 0.939. The van der Waals surface area contributed by atoms with Gasteiger partial charge >= 0.3 is 5.97 Å². The maximum absolute atomic E-state index is 12.2. The highest BCUT2D eigenvalue weighted by Gasteiger charge is 2.47. The number of benzene rings is 1. The molecule has 3 atom stereocenters. The lowest BCUT2D eigenvalue weighted by molar-refractivity contribution is -0.147. The smallest absolute Gasteiger partial charge is 0.329 e. The van der Waals surface area contributed by atoms with Crippen molar-refractivity contribution in [3.05, 3.63) is 29.8 Å². The minimum atomic E-state index is -0.234. The number of para-hydroxylation sites is 1.